The second-order valence-electron chi connectivity index (χ2n) is 5.14. The molecule has 0 spiro atoms. The van der Waals surface area contributed by atoms with Gasteiger partial charge in [-0.2, -0.15) is 0 Å². The molecule has 2 heterocycles. The molecular weight excluding hydrogens is 268 g/mol. The van der Waals surface area contributed by atoms with Gasteiger partial charge in [-0.05, 0) is 36.8 Å². The summed E-state index contributed by atoms with van der Waals surface area (Å²) in [6.45, 7) is 2.75. The summed E-state index contributed by atoms with van der Waals surface area (Å²) in [5.74, 6) is 0.960. The van der Waals surface area contributed by atoms with Gasteiger partial charge in [0.2, 0.25) is 0 Å². The molecule has 1 atom stereocenters. The van der Waals surface area contributed by atoms with E-state index in [0.717, 1.165) is 16.0 Å². The van der Waals surface area contributed by atoms with Crippen molar-refractivity contribution < 1.29 is 4.74 Å². The van der Waals surface area contributed by atoms with Crippen molar-refractivity contribution in [1.29, 1.82) is 0 Å². The van der Waals surface area contributed by atoms with Gasteiger partial charge in [-0.25, -0.2) is 0 Å². The molecule has 0 amide bonds. The highest BCUT2D eigenvalue weighted by molar-refractivity contribution is 7.71. The summed E-state index contributed by atoms with van der Waals surface area (Å²) in [5.41, 5.74) is 4.68. The first kappa shape index (κ1) is 11.7. The maximum Gasteiger partial charge on any atom is 0.178 e. The van der Waals surface area contributed by atoms with E-state index in [9.17, 15) is 0 Å². The van der Waals surface area contributed by atoms with Gasteiger partial charge in [0.1, 0.15) is 12.4 Å². The Kier molecular flexibility index (Phi) is 2.47. The monoisotopic (exact) mass is 282 g/mol. The van der Waals surface area contributed by atoms with Gasteiger partial charge in [-0.3, -0.25) is 0 Å². The van der Waals surface area contributed by atoms with Gasteiger partial charge in [0.25, 0.3) is 0 Å². The van der Waals surface area contributed by atoms with Crippen molar-refractivity contribution in [2.75, 3.05) is 6.61 Å². The zero-order chi connectivity index (χ0) is 13.7. The third kappa shape index (κ3) is 1.55. The topological polar surface area (TPSA) is 29.9 Å². The van der Waals surface area contributed by atoms with Crippen molar-refractivity contribution in [3.8, 4) is 5.75 Å². The Balaban J connectivity index is 2.01. The van der Waals surface area contributed by atoms with Crippen LogP contribution in [0.4, 0.5) is 0 Å². The molecule has 0 aliphatic carbocycles. The van der Waals surface area contributed by atoms with Gasteiger partial charge in [-0.1, -0.05) is 30.3 Å². The van der Waals surface area contributed by atoms with Crippen LogP contribution in [0.5, 0.6) is 5.75 Å². The van der Waals surface area contributed by atoms with Gasteiger partial charge in [0, 0.05) is 5.56 Å². The van der Waals surface area contributed by atoms with Crippen molar-refractivity contribution in [2.45, 2.75) is 13.0 Å². The van der Waals surface area contributed by atoms with Gasteiger partial charge >= 0.3 is 0 Å². The summed E-state index contributed by atoms with van der Waals surface area (Å²) in [7, 11) is 0. The minimum atomic E-state index is 0.147. The fourth-order valence-electron chi connectivity index (χ4n) is 3.01. The zero-order valence-corrected chi connectivity index (χ0v) is 11.9. The van der Waals surface area contributed by atoms with Crippen molar-refractivity contribution in [1.82, 2.24) is 9.55 Å². The van der Waals surface area contributed by atoms with E-state index < -0.39 is 0 Å². The van der Waals surface area contributed by atoms with Crippen LogP contribution in [0.2, 0.25) is 0 Å². The smallest absolute Gasteiger partial charge is 0.178 e. The molecule has 1 aliphatic heterocycles. The molecular formula is C16H14N2OS. The number of nitrogens with one attached hydrogen (secondary N) is 1. The first-order chi connectivity index (χ1) is 9.75. The highest BCUT2D eigenvalue weighted by Gasteiger charge is 2.27. The number of aromatic nitrogens is 2. The minimum Gasteiger partial charge on any atom is -0.491 e. The molecule has 1 aliphatic rings. The Labute approximate surface area is 121 Å². The molecule has 1 aromatic heterocycles. The Bertz CT molecular complexity index is 862. The number of nitrogens with zero attached hydrogens (tertiary/aromatic N) is 1. The van der Waals surface area contributed by atoms with Crippen LogP contribution in [-0.2, 0) is 0 Å². The maximum absolute atomic E-state index is 5.80. The molecule has 1 N–H and O–H groups in total. The van der Waals surface area contributed by atoms with E-state index in [1.807, 2.05) is 24.3 Å². The van der Waals surface area contributed by atoms with E-state index in [1.54, 1.807) is 0 Å². The number of para-hydroxylation sites is 2. The number of fused-ring (bicyclic) bond motifs is 2. The Morgan fingerprint density at radius 1 is 1.20 bits per heavy atom. The quantitative estimate of drug-likeness (QED) is 0.684. The van der Waals surface area contributed by atoms with Crippen molar-refractivity contribution in [2.24, 2.45) is 0 Å². The molecule has 20 heavy (non-hydrogen) atoms. The lowest BCUT2D eigenvalue weighted by Gasteiger charge is -2.13. The lowest BCUT2D eigenvalue weighted by Crippen LogP contribution is -2.12. The summed E-state index contributed by atoms with van der Waals surface area (Å²) in [4.78, 5) is 3.30. The van der Waals surface area contributed by atoms with Crippen LogP contribution in [0.3, 0.4) is 0 Å². The second-order valence-corrected chi connectivity index (χ2v) is 5.52. The molecule has 1 unspecified atom stereocenters. The van der Waals surface area contributed by atoms with Crippen LogP contribution < -0.4 is 4.74 Å². The molecule has 100 valence electrons. The average Bonchev–Trinajstić information content (AvgIpc) is 3.00. The zero-order valence-electron chi connectivity index (χ0n) is 11.1. The van der Waals surface area contributed by atoms with Crippen molar-refractivity contribution >= 4 is 23.3 Å². The lowest BCUT2D eigenvalue weighted by molar-refractivity contribution is 0.318. The van der Waals surface area contributed by atoms with Crippen LogP contribution in [0, 0.1) is 11.7 Å². The lowest BCUT2D eigenvalue weighted by atomic mass is 10.1. The van der Waals surface area contributed by atoms with E-state index in [-0.39, 0.29) is 6.04 Å². The standard InChI is InChI=1S/C16H14N2OS/c1-10-5-4-7-12-15(10)18(16(20)17-12)13-9-19-14-8-3-2-6-11(13)14/h2-8,13H,9H2,1H3,(H,17,20). The highest BCUT2D eigenvalue weighted by Crippen LogP contribution is 2.36. The average molecular weight is 282 g/mol. The second kappa shape index (κ2) is 4.21. The van der Waals surface area contributed by atoms with Gasteiger partial charge < -0.3 is 14.3 Å². The molecule has 0 radical (unpaired) electrons. The Morgan fingerprint density at radius 2 is 2.05 bits per heavy atom. The summed E-state index contributed by atoms with van der Waals surface area (Å²) in [6, 6.07) is 14.6. The molecule has 4 heteroatoms. The largest absolute Gasteiger partial charge is 0.491 e. The van der Waals surface area contributed by atoms with Crippen LogP contribution in [0.15, 0.2) is 42.5 Å². The summed E-state index contributed by atoms with van der Waals surface area (Å²) < 4.78 is 8.73. The van der Waals surface area contributed by atoms with Gasteiger partial charge in [-0.15, -0.1) is 0 Å². The Morgan fingerprint density at radius 3 is 2.95 bits per heavy atom. The fourth-order valence-corrected chi connectivity index (χ4v) is 3.34. The van der Waals surface area contributed by atoms with E-state index in [0.29, 0.717) is 6.61 Å². The van der Waals surface area contributed by atoms with Crippen molar-refractivity contribution in [3.63, 3.8) is 0 Å². The van der Waals surface area contributed by atoms with Crippen LogP contribution in [0.25, 0.3) is 11.0 Å². The van der Waals surface area contributed by atoms with Gasteiger partial charge in [0.15, 0.2) is 4.77 Å². The molecule has 2 aromatic carbocycles. The highest BCUT2D eigenvalue weighted by atomic mass is 32.1. The number of imidazole rings is 1. The van der Waals surface area contributed by atoms with E-state index >= 15 is 0 Å². The van der Waals surface area contributed by atoms with Crippen LogP contribution >= 0.6 is 12.2 Å². The molecule has 0 fully saturated rings. The van der Waals surface area contributed by atoms with E-state index in [2.05, 4.69) is 34.7 Å². The third-order valence-electron chi connectivity index (χ3n) is 3.93. The number of hydrogen-bond acceptors (Lipinski definition) is 2. The molecule has 0 bridgehead atoms. The number of benzene rings is 2. The molecule has 3 nitrogen and oxygen atoms in total. The predicted octanol–water partition coefficient (Wildman–Crippen LogP) is 3.99. The number of aryl methyl sites for hydroxylation is 1. The predicted molar refractivity (Wildman–Crippen MR) is 81.9 cm³/mol. The fraction of sp³-hybridized carbons (Fsp3) is 0.188. The number of hydrogen-bond donors (Lipinski definition) is 1. The van der Waals surface area contributed by atoms with Crippen molar-refractivity contribution in [3.05, 3.63) is 58.4 Å². The van der Waals surface area contributed by atoms with E-state index in [4.69, 9.17) is 17.0 Å². The summed E-state index contributed by atoms with van der Waals surface area (Å²) in [6.07, 6.45) is 0. The normalized spacial score (nSPS) is 17.1. The van der Waals surface area contributed by atoms with Crippen LogP contribution in [-0.4, -0.2) is 16.2 Å². The molecule has 4 rings (SSSR count). The van der Waals surface area contributed by atoms with E-state index in [1.165, 1.54) is 16.6 Å². The Hall–Kier alpha value is -2.07. The van der Waals surface area contributed by atoms with Crippen LogP contribution in [0.1, 0.15) is 17.2 Å². The third-order valence-corrected chi connectivity index (χ3v) is 4.22. The molecule has 0 saturated carbocycles. The summed E-state index contributed by atoms with van der Waals surface area (Å²) >= 11 is 5.53. The number of ether oxygens (including phenoxy) is 1. The molecule has 0 saturated heterocycles. The number of aromatic amines is 1. The minimum absolute atomic E-state index is 0.147. The number of H-pyrrole nitrogens is 1. The maximum atomic E-state index is 5.80. The first-order valence-corrected chi connectivity index (χ1v) is 7.08. The first-order valence-electron chi connectivity index (χ1n) is 6.67. The number of rotatable bonds is 1. The van der Waals surface area contributed by atoms with Gasteiger partial charge in [0.05, 0.1) is 17.1 Å². The molecule has 3 aromatic rings. The SMILES string of the molecule is Cc1cccc2[nH]c(=S)n(C3COc4ccccc43)c12. The summed E-state index contributed by atoms with van der Waals surface area (Å²) in [5, 5.41) is 0.